The number of nitrogens with one attached hydrogen (secondary N) is 3. The van der Waals surface area contributed by atoms with Gasteiger partial charge in [-0.05, 0) is 54.7 Å². The Balaban J connectivity index is 1.28. The standard InChI is InChI=1S/C37H39F3N4O4S/c1-24-31(23-49-35-29(37(38,39)40)17-11-21-41-35)48-28(22-42-24)20-19-25-12-9-10-18-30(25)43-34(45)33(44-36(46)47-2)32(26-13-5-3-6-14-26)27-15-7-4-8-16-27/h3-18,21,24,28,31-33,42H,19-20,22-23H2,1-2H3,(H,43,45)(H,44,46)/t24-,28-,31-,33?/m1/s1. The first kappa shape index (κ1) is 35.9. The summed E-state index contributed by atoms with van der Waals surface area (Å²) >= 11 is 1.03. The maximum atomic E-state index is 14.1. The fourth-order valence-electron chi connectivity index (χ4n) is 5.87. The van der Waals surface area contributed by atoms with E-state index in [4.69, 9.17) is 9.47 Å². The molecule has 258 valence electrons. The van der Waals surface area contributed by atoms with Crippen LogP contribution >= 0.6 is 11.8 Å². The maximum Gasteiger partial charge on any atom is 0.419 e. The zero-order valence-corrected chi connectivity index (χ0v) is 28.0. The summed E-state index contributed by atoms with van der Waals surface area (Å²) in [6.45, 7) is 2.53. The average Bonchev–Trinajstić information content (AvgIpc) is 3.11. The number of aryl methyl sites for hydroxylation is 1. The lowest BCUT2D eigenvalue weighted by molar-refractivity contribution is -0.140. The fraction of sp³-hybridized carbons (Fsp3) is 0.324. The van der Waals surface area contributed by atoms with Gasteiger partial charge in [-0.25, -0.2) is 9.78 Å². The predicted octanol–water partition coefficient (Wildman–Crippen LogP) is 7.07. The molecule has 1 fully saturated rings. The van der Waals surface area contributed by atoms with E-state index in [0.29, 0.717) is 30.8 Å². The minimum Gasteiger partial charge on any atom is -0.453 e. The van der Waals surface area contributed by atoms with Gasteiger partial charge in [-0.1, -0.05) is 78.9 Å². The number of amides is 2. The summed E-state index contributed by atoms with van der Waals surface area (Å²) in [6, 6.07) is 27.7. The molecule has 8 nitrogen and oxygen atoms in total. The molecule has 4 aromatic rings. The van der Waals surface area contributed by atoms with Crippen LogP contribution in [-0.2, 0) is 26.9 Å². The van der Waals surface area contributed by atoms with Crippen LogP contribution in [-0.4, -0.2) is 60.7 Å². The van der Waals surface area contributed by atoms with E-state index in [1.807, 2.05) is 91.9 Å². The molecule has 2 heterocycles. The summed E-state index contributed by atoms with van der Waals surface area (Å²) in [4.78, 5) is 30.6. The molecule has 1 aromatic heterocycles. The van der Waals surface area contributed by atoms with Gasteiger partial charge in [0.1, 0.15) is 11.1 Å². The van der Waals surface area contributed by atoms with Crippen molar-refractivity contribution >= 4 is 29.4 Å². The second kappa shape index (κ2) is 16.8. The second-order valence-corrected chi connectivity index (χ2v) is 12.8. The smallest absolute Gasteiger partial charge is 0.419 e. The maximum absolute atomic E-state index is 14.1. The molecule has 1 unspecified atom stereocenters. The first-order valence-electron chi connectivity index (χ1n) is 16.0. The second-order valence-electron chi connectivity index (χ2n) is 11.8. The Bertz CT molecular complexity index is 1640. The first-order valence-corrected chi connectivity index (χ1v) is 17.0. The number of benzene rings is 3. The lowest BCUT2D eigenvalue weighted by Crippen LogP contribution is -2.52. The van der Waals surface area contributed by atoms with Crippen LogP contribution < -0.4 is 16.0 Å². The molecule has 1 aliphatic rings. The highest BCUT2D eigenvalue weighted by molar-refractivity contribution is 7.99. The SMILES string of the molecule is COC(=O)NC(C(=O)Nc1ccccc1CC[C@@H]1CN[C@H](C)[C@@H](CSc2ncccc2C(F)(F)F)O1)C(c1ccccc1)c1ccccc1. The van der Waals surface area contributed by atoms with Crippen molar-refractivity contribution in [1.82, 2.24) is 15.6 Å². The number of carbonyl (C=O) groups is 2. The number of alkyl carbamates (subject to hydrolysis) is 1. The number of pyridine rings is 1. The summed E-state index contributed by atoms with van der Waals surface area (Å²) in [7, 11) is 1.25. The number of para-hydroxylation sites is 1. The van der Waals surface area contributed by atoms with Crippen molar-refractivity contribution in [1.29, 1.82) is 0 Å². The largest absolute Gasteiger partial charge is 0.453 e. The van der Waals surface area contributed by atoms with E-state index in [1.54, 1.807) is 0 Å². The molecule has 12 heteroatoms. The molecule has 49 heavy (non-hydrogen) atoms. The number of rotatable bonds is 12. The van der Waals surface area contributed by atoms with Crippen LogP contribution in [0.3, 0.4) is 0 Å². The van der Waals surface area contributed by atoms with Crippen molar-refractivity contribution in [3.05, 3.63) is 126 Å². The van der Waals surface area contributed by atoms with Gasteiger partial charge < -0.3 is 25.4 Å². The molecule has 0 radical (unpaired) electrons. The number of morpholine rings is 1. The van der Waals surface area contributed by atoms with E-state index in [0.717, 1.165) is 34.5 Å². The summed E-state index contributed by atoms with van der Waals surface area (Å²) in [6.07, 6.45) is -3.23. The van der Waals surface area contributed by atoms with Crippen LogP contribution in [0, 0.1) is 0 Å². The Morgan fingerprint density at radius 2 is 1.63 bits per heavy atom. The molecular formula is C37H39F3N4O4S. The monoisotopic (exact) mass is 692 g/mol. The van der Waals surface area contributed by atoms with Crippen molar-refractivity contribution in [2.45, 2.75) is 61.2 Å². The topological polar surface area (TPSA) is 102 Å². The Morgan fingerprint density at radius 3 is 2.29 bits per heavy atom. The summed E-state index contributed by atoms with van der Waals surface area (Å²) in [5.41, 5.74) is 2.41. The van der Waals surface area contributed by atoms with Gasteiger partial charge in [-0.3, -0.25) is 4.79 Å². The van der Waals surface area contributed by atoms with Crippen LogP contribution in [0.15, 0.2) is 108 Å². The molecule has 1 saturated heterocycles. The minimum absolute atomic E-state index is 0.0604. The Labute approximate surface area is 288 Å². The van der Waals surface area contributed by atoms with E-state index < -0.39 is 35.7 Å². The van der Waals surface area contributed by atoms with E-state index in [1.165, 1.54) is 19.4 Å². The zero-order valence-electron chi connectivity index (χ0n) is 27.2. The normalized spacial score (nSPS) is 18.4. The van der Waals surface area contributed by atoms with E-state index in [-0.39, 0.29) is 23.3 Å². The average molecular weight is 693 g/mol. The van der Waals surface area contributed by atoms with Crippen molar-refractivity contribution in [3.8, 4) is 0 Å². The predicted molar refractivity (Wildman–Crippen MR) is 184 cm³/mol. The highest BCUT2D eigenvalue weighted by Crippen LogP contribution is 2.36. The van der Waals surface area contributed by atoms with Crippen LogP contribution in [0.25, 0.3) is 0 Å². The van der Waals surface area contributed by atoms with E-state index in [9.17, 15) is 22.8 Å². The molecule has 0 aliphatic carbocycles. The Kier molecular flexibility index (Phi) is 12.3. The zero-order chi connectivity index (χ0) is 34.8. The molecule has 4 atom stereocenters. The number of alkyl halides is 3. The molecule has 3 N–H and O–H groups in total. The van der Waals surface area contributed by atoms with Crippen molar-refractivity contribution in [2.75, 3.05) is 24.7 Å². The molecule has 5 rings (SSSR count). The molecule has 0 bridgehead atoms. The lowest BCUT2D eigenvalue weighted by Gasteiger charge is -2.36. The first-order chi connectivity index (χ1) is 23.6. The summed E-state index contributed by atoms with van der Waals surface area (Å²) in [5.74, 6) is -0.619. The number of anilines is 1. The van der Waals surface area contributed by atoms with E-state index in [2.05, 4.69) is 20.9 Å². The van der Waals surface area contributed by atoms with Crippen LogP contribution in [0.1, 0.15) is 41.5 Å². The van der Waals surface area contributed by atoms with Crippen molar-refractivity contribution < 1.29 is 32.2 Å². The number of thioether (sulfide) groups is 1. The van der Waals surface area contributed by atoms with Gasteiger partial charge in [0.15, 0.2) is 0 Å². The van der Waals surface area contributed by atoms with Gasteiger partial charge in [0.25, 0.3) is 0 Å². The quantitative estimate of drug-likeness (QED) is 0.137. The van der Waals surface area contributed by atoms with Gasteiger partial charge in [-0.15, -0.1) is 11.8 Å². The van der Waals surface area contributed by atoms with Crippen molar-refractivity contribution in [3.63, 3.8) is 0 Å². The third-order valence-corrected chi connectivity index (χ3v) is 9.55. The highest BCUT2D eigenvalue weighted by atomic mass is 32.2. The Hall–Kier alpha value is -4.39. The van der Waals surface area contributed by atoms with E-state index >= 15 is 0 Å². The number of carbonyl (C=O) groups excluding carboxylic acids is 2. The number of halogens is 3. The van der Waals surface area contributed by atoms with Crippen LogP contribution in [0.5, 0.6) is 0 Å². The van der Waals surface area contributed by atoms with Crippen LogP contribution in [0.2, 0.25) is 0 Å². The number of nitrogens with zero attached hydrogens (tertiary/aromatic N) is 1. The number of aromatic nitrogens is 1. The lowest BCUT2D eigenvalue weighted by atomic mass is 9.84. The van der Waals surface area contributed by atoms with Gasteiger partial charge in [0.2, 0.25) is 5.91 Å². The minimum atomic E-state index is -4.49. The molecule has 3 aromatic carbocycles. The number of ether oxygens (including phenoxy) is 2. The number of methoxy groups -OCH3 is 1. The van der Waals surface area contributed by atoms with Gasteiger partial charge >= 0.3 is 12.3 Å². The Morgan fingerprint density at radius 1 is 0.980 bits per heavy atom. The van der Waals surface area contributed by atoms with Gasteiger partial charge in [-0.2, -0.15) is 13.2 Å². The summed E-state index contributed by atoms with van der Waals surface area (Å²) < 4.78 is 51.7. The van der Waals surface area contributed by atoms with Gasteiger partial charge in [0, 0.05) is 36.1 Å². The molecular weight excluding hydrogens is 653 g/mol. The third kappa shape index (κ3) is 9.62. The molecule has 1 aliphatic heterocycles. The molecule has 2 amide bonds. The van der Waals surface area contributed by atoms with Crippen molar-refractivity contribution in [2.24, 2.45) is 0 Å². The van der Waals surface area contributed by atoms with Crippen LogP contribution in [0.4, 0.5) is 23.7 Å². The van der Waals surface area contributed by atoms with Gasteiger partial charge in [0.05, 0.1) is 24.9 Å². The summed E-state index contributed by atoms with van der Waals surface area (Å²) in [5, 5.41) is 9.17. The molecule has 0 spiro atoms. The molecule has 0 saturated carbocycles. The third-order valence-electron chi connectivity index (χ3n) is 8.46. The highest BCUT2D eigenvalue weighted by Gasteiger charge is 2.36. The number of hydrogen-bond acceptors (Lipinski definition) is 7. The number of hydrogen-bond donors (Lipinski definition) is 3. The fourth-order valence-corrected chi connectivity index (χ4v) is 7.03.